The number of carbonyl (C=O) groups is 2. The van der Waals surface area contributed by atoms with Crippen molar-refractivity contribution in [3.05, 3.63) is 11.5 Å². The number of hydrogen-bond acceptors (Lipinski definition) is 6. The molecule has 7 nitrogen and oxygen atoms in total. The van der Waals surface area contributed by atoms with E-state index in [0.29, 0.717) is 12.2 Å². The molecule has 1 atom stereocenters. The van der Waals surface area contributed by atoms with Gasteiger partial charge >= 0.3 is 11.9 Å². The quantitative estimate of drug-likeness (QED) is 0.789. The van der Waals surface area contributed by atoms with Gasteiger partial charge in [0, 0.05) is 6.42 Å². The fourth-order valence-electron chi connectivity index (χ4n) is 1.70. The number of hydrogen-bond donors (Lipinski definition) is 1. The lowest BCUT2D eigenvalue weighted by molar-refractivity contribution is -0.144. The first kappa shape index (κ1) is 14.0. The van der Waals surface area contributed by atoms with Crippen LogP contribution in [0.15, 0.2) is 0 Å². The lowest BCUT2D eigenvalue weighted by atomic mass is 10.3. The summed E-state index contributed by atoms with van der Waals surface area (Å²) in [6.45, 7) is 3.48. The largest absolute Gasteiger partial charge is 0.467 e. The van der Waals surface area contributed by atoms with Crippen LogP contribution in [-0.4, -0.2) is 35.7 Å². The van der Waals surface area contributed by atoms with Gasteiger partial charge in [0.25, 0.3) is 0 Å². The molecule has 0 radical (unpaired) electrons. The SMILES string of the molecule is CCc1nc(C(=O)OC)c(N)n1C(C)C(=O)OC. The summed E-state index contributed by atoms with van der Waals surface area (Å²) in [5.41, 5.74) is 5.86. The maximum absolute atomic E-state index is 11.5. The number of nitrogen functional groups attached to an aromatic ring is 1. The number of imidazole rings is 1. The number of anilines is 1. The van der Waals surface area contributed by atoms with Gasteiger partial charge in [-0.15, -0.1) is 0 Å². The van der Waals surface area contributed by atoms with Crippen molar-refractivity contribution >= 4 is 17.8 Å². The third kappa shape index (κ3) is 2.29. The highest BCUT2D eigenvalue weighted by molar-refractivity contribution is 5.92. The smallest absolute Gasteiger partial charge is 0.360 e. The van der Waals surface area contributed by atoms with Crippen LogP contribution in [-0.2, 0) is 20.7 Å². The van der Waals surface area contributed by atoms with Crippen LogP contribution in [0.3, 0.4) is 0 Å². The molecule has 1 aromatic rings. The Morgan fingerprint density at radius 1 is 1.39 bits per heavy atom. The summed E-state index contributed by atoms with van der Waals surface area (Å²) in [5.74, 6) is -0.439. The second-order valence-corrected chi connectivity index (χ2v) is 3.68. The Labute approximate surface area is 105 Å². The van der Waals surface area contributed by atoms with Crippen molar-refractivity contribution in [2.24, 2.45) is 0 Å². The van der Waals surface area contributed by atoms with Gasteiger partial charge in [0.05, 0.1) is 14.2 Å². The third-order valence-electron chi connectivity index (χ3n) is 2.65. The first-order chi connectivity index (χ1) is 8.47. The highest BCUT2D eigenvalue weighted by atomic mass is 16.5. The minimum atomic E-state index is -0.643. The zero-order valence-corrected chi connectivity index (χ0v) is 10.9. The van der Waals surface area contributed by atoms with Gasteiger partial charge in [-0.3, -0.25) is 0 Å². The Balaban J connectivity index is 3.30. The van der Waals surface area contributed by atoms with E-state index < -0.39 is 18.0 Å². The van der Waals surface area contributed by atoms with E-state index in [-0.39, 0.29) is 11.5 Å². The molecule has 0 saturated heterocycles. The lowest BCUT2D eigenvalue weighted by Crippen LogP contribution is -2.21. The molecule has 0 bridgehead atoms. The van der Waals surface area contributed by atoms with Crippen LogP contribution in [0.5, 0.6) is 0 Å². The van der Waals surface area contributed by atoms with Gasteiger partial charge in [0.1, 0.15) is 17.7 Å². The summed E-state index contributed by atoms with van der Waals surface area (Å²) >= 11 is 0. The summed E-state index contributed by atoms with van der Waals surface area (Å²) in [4.78, 5) is 27.1. The van der Waals surface area contributed by atoms with Crippen LogP contribution in [0.2, 0.25) is 0 Å². The van der Waals surface area contributed by atoms with Gasteiger partial charge in [-0.2, -0.15) is 0 Å². The Morgan fingerprint density at radius 3 is 2.44 bits per heavy atom. The van der Waals surface area contributed by atoms with E-state index in [0.717, 1.165) is 0 Å². The van der Waals surface area contributed by atoms with Crippen molar-refractivity contribution in [3.8, 4) is 0 Å². The fraction of sp³-hybridized carbons (Fsp3) is 0.545. The first-order valence-electron chi connectivity index (χ1n) is 5.50. The van der Waals surface area contributed by atoms with Crippen LogP contribution in [0, 0.1) is 0 Å². The molecule has 18 heavy (non-hydrogen) atoms. The van der Waals surface area contributed by atoms with E-state index in [1.165, 1.54) is 18.8 Å². The summed E-state index contributed by atoms with van der Waals surface area (Å²) in [7, 11) is 2.54. The van der Waals surface area contributed by atoms with Gasteiger partial charge in [-0.25, -0.2) is 14.6 Å². The maximum Gasteiger partial charge on any atom is 0.360 e. The van der Waals surface area contributed by atoms with E-state index in [1.807, 2.05) is 6.92 Å². The Kier molecular flexibility index (Phi) is 4.30. The number of aryl methyl sites for hydroxylation is 1. The molecule has 0 aliphatic heterocycles. The van der Waals surface area contributed by atoms with E-state index in [9.17, 15) is 9.59 Å². The molecule has 100 valence electrons. The molecular weight excluding hydrogens is 238 g/mol. The van der Waals surface area contributed by atoms with Crippen molar-refractivity contribution in [3.63, 3.8) is 0 Å². The molecular formula is C11H17N3O4. The van der Waals surface area contributed by atoms with E-state index in [2.05, 4.69) is 14.5 Å². The van der Waals surface area contributed by atoms with Crippen molar-refractivity contribution < 1.29 is 19.1 Å². The topological polar surface area (TPSA) is 96.4 Å². The zero-order valence-electron chi connectivity index (χ0n) is 10.9. The molecule has 0 fully saturated rings. The Bertz CT molecular complexity index is 467. The van der Waals surface area contributed by atoms with Gasteiger partial charge in [-0.05, 0) is 6.92 Å². The second kappa shape index (κ2) is 5.52. The Hall–Kier alpha value is -2.05. The molecule has 1 rings (SSSR count). The third-order valence-corrected chi connectivity index (χ3v) is 2.65. The van der Waals surface area contributed by atoms with Crippen molar-refractivity contribution in [1.82, 2.24) is 9.55 Å². The maximum atomic E-state index is 11.5. The first-order valence-corrected chi connectivity index (χ1v) is 5.50. The average Bonchev–Trinajstić information content (AvgIpc) is 2.72. The van der Waals surface area contributed by atoms with Crippen molar-refractivity contribution in [2.75, 3.05) is 20.0 Å². The van der Waals surface area contributed by atoms with E-state index in [1.54, 1.807) is 6.92 Å². The van der Waals surface area contributed by atoms with Crippen molar-refractivity contribution in [2.45, 2.75) is 26.3 Å². The predicted molar refractivity (Wildman–Crippen MR) is 64.1 cm³/mol. The summed E-state index contributed by atoms with van der Waals surface area (Å²) in [6, 6.07) is -0.643. The minimum absolute atomic E-state index is 0.0186. The molecule has 2 N–H and O–H groups in total. The molecule has 7 heteroatoms. The zero-order chi connectivity index (χ0) is 13.9. The number of esters is 2. The molecule has 0 spiro atoms. The van der Waals surface area contributed by atoms with Crippen LogP contribution in [0.4, 0.5) is 5.82 Å². The monoisotopic (exact) mass is 255 g/mol. The highest BCUT2D eigenvalue weighted by Gasteiger charge is 2.26. The summed E-state index contributed by atoms with van der Waals surface area (Å²) in [5, 5.41) is 0. The van der Waals surface area contributed by atoms with Gasteiger partial charge in [0.2, 0.25) is 0 Å². The van der Waals surface area contributed by atoms with Crippen LogP contribution in [0.25, 0.3) is 0 Å². The van der Waals surface area contributed by atoms with Gasteiger partial charge in [-0.1, -0.05) is 6.92 Å². The highest BCUT2D eigenvalue weighted by Crippen LogP contribution is 2.22. The number of rotatable bonds is 4. The van der Waals surface area contributed by atoms with Crippen LogP contribution < -0.4 is 5.73 Å². The number of ether oxygens (including phenoxy) is 2. The minimum Gasteiger partial charge on any atom is -0.467 e. The van der Waals surface area contributed by atoms with E-state index >= 15 is 0 Å². The number of nitrogens with two attached hydrogens (primary N) is 1. The summed E-state index contributed by atoms with van der Waals surface area (Å²) < 4.78 is 10.7. The van der Waals surface area contributed by atoms with Gasteiger partial charge in [0.15, 0.2) is 5.69 Å². The van der Waals surface area contributed by atoms with Crippen LogP contribution in [0.1, 0.15) is 36.2 Å². The number of methoxy groups -OCH3 is 2. The van der Waals surface area contributed by atoms with Gasteiger partial charge < -0.3 is 19.8 Å². The molecule has 1 unspecified atom stereocenters. The van der Waals surface area contributed by atoms with Crippen LogP contribution >= 0.6 is 0 Å². The molecule has 0 amide bonds. The standard InChI is InChI=1S/C11H17N3O4/c1-5-7-13-8(11(16)18-4)9(12)14(7)6(2)10(15)17-3/h6H,5,12H2,1-4H3. The number of carbonyl (C=O) groups excluding carboxylic acids is 2. The lowest BCUT2D eigenvalue weighted by Gasteiger charge is -2.15. The number of nitrogens with zero attached hydrogens (tertiary/aromatic N) is 2. The molecule has 0 aromatic carbocycles. The fourth-order valence-corrected chi connectivity index (χ4v) is 1.70. The second-order valence-electron chi connectivity index (χ2n) is 3.68. The Morgan fingerprint density at radius 2 is 2.00 bits per heavy atom. The molecule has 1 heterocycles. The predicted octanol–water partition coefficient (Wildman–Crippen LogP) is 0.548. The van der Waals surface area contributed by atoms with Crippen molar-refractivity contribution in [1.29, 1.82) is 0 Å². The molecule has 0 saturated carbocycles. The molecule has 0 aliphatic carbocycles. The summed E-state index contributed by atoms with van der Waals surface area (Å²) in [6.07, 6.45) is 0.530. The normalized spacial score (nSPS) is 12.0. The molecule has 0 aliphatic rings. The number of aromatic nitrogens is 2. The average molecular weight is 255 g/mol. The van der Waals surface area contributed by atoms with E-state index in [4.69, 9.17) is 5.73 Å². The molecule has 1 aromatic heterocycles.